The third-order valence-corrected chi connectivity index (χ3v) is 6.36. The fourth-order valence-electron chi connectivity index (χ4n) is 4.34. The molecule has 178 valence electrons. The lowest BCUT2D eigenvalue weighted by atomic mass is 9.92. The number of hydrogen-bond donors (Lipinski definition) is 4. The van der Waals surface area contributed by atoms with Crippen molar-refractivity contribution < 1.29 is 19.1 Å². The van der Waals surface area contributed by atoms with Crippen molar-refractivity contribution in [2.75, 3.05) is 49.6 Å². The van der Waals surface area contributed by atoms with E-state index in [2.05, 4.69) is 38.0 Å². The van der Waals surface area contributed by atoms with Gasteiger partial charge in [-0.25, -0.2) is 4.79 Å². The van der Waals surface area contributed by atoms with Crippen LogP contribution in [0.15, 0.2) is 0 Å². The van der Waals surface area contributed by atoms with Gasteiger partial charge in [0.15, 0.2) is 11.6 Å². The van der Waals surface area contributed by atoms with Gasteiger partial charge in [-0.1, -0.05) is 32.6 Å². The highest BCUT2D eigenvalue weighted by Gasteiger charge is 2.27. The van der Waals surface area contributed by atoms with Crippen LogP contribution in [0.25, 0.3) is 0 Å². The van der Waals surface area contributed by atoms with E-state index in [9.17, 15) is 9.59 Å². The molecule has 4 N–H and O–H groups in total. The van der Waals surface area contributed by atoms with E-state index < -0.39 is 23.7 Å². The van der Waals surface area contributed by atoms with Crippen molar-refractivity contribution in [3.63, 3.8) is 0 Å². The van der Waals surface area contributed by atoms with E-state index in [-0.39, 0.29) is 23.5 Å². The second kappa shape index (κ2) is 11.5. The first-order chi connectivity index (χ1) is 15.4. The Morgan fingerprint density at radius 2 is 1.91 bits per heavy atom. The van der Waals surface area contributed by atoms with E-state index in [1.54, 1.807) is 0 Å². The van der Waals surface area contributed by atoms with Crippen LogP contribution in [-0.2, 0) is 4.79 Å². The predicted octanol–water partition coefficient (Wildman–Crippen LogP) is 2.32. The molecule has 1 aromatic rings. The third-order valence-electron chi connectivity index (χ3n) is 6.19. The number of hydrogen-bond acceptors (Lipinski definition) is 7. The molecular weight excluding hydrogens is 441 g/mol. The molecule has 0 spiro atoms. The van der Waals surface area contributed by atoms with Crippen molar-refractivity contribution in [2.45, 2.75) is 39.0 Å². The van der Waals surface area contributed by atoms with Crippen LogP contribution < -0.4 is 21.1 Å². The summed E-state index contributed by atoms with van der Waals surface area (Å²) in [5.41, 5.74) is 5.00. The molecule has 3 rings (SSSR count). The van der Waals surface area contributed by atoms with Gasteiger partial charge in [-0.2, -0.15) is 14.4 Å². The number of anilines is 2. The smallest absolute Gasteiger partial charge is 0.404 e. The lowest BCUT2D eigenvalue weighted by Crippen LogP contribution is -2.47. The zero-order valence-corrected chi connectivity index (χ0v) is 19.0. The number of nitrogens with one attached hydrogen (secondary N) is 3. The second-order valence-electron chi connectivity index (χ2n) is 8.28. The van der Waals surface area contributed by atoms with Crippen LogP contribution in [0.1, 0.15) is 39.0 Å². The average molecular weight is 472 g/mol. The minimum absolute atomic E-state index is 0.0146. The first-order valence-electron chi connectivity index (χ1n) is 11.1. The third kappa shape index (κ3) is 6.55. The Bertz CT molecular complexity index is 802. The molecule has 1 aliphatic carbocycles. The van der Waals surface area contributed by atoms with Crippen LogP contribution >= 0.6 is 11.6 Å². The first kappa shape index (κ1) is 24.2. The summed E-state index contributed by atoms with van der Waals surface area (Å²) >= 11 is 6.02. The molecule has 1 aliphatic heterocycles. The predicted molar refractivity (Wildman–Crippen MR) is 119 cm³/mol. The number of carboxylic acid groups (broad SMARTS) is 1. The monoisotopic (exact) mass is 471 g/mol. The molecular formula is C20H31ClFN7O3. The molecule has 2 fully saturated rings. The standard InChI is InChI=1S/C20H31ClFN7O3/c1-2-28-7-9-29(10-8-28)17-15(22)16(24-19(21)25-17)26-27-18(30)14(12-23-20(31)32)11-13-5-3-4-6-13/h13-14,23H,2-12H2,1H3,(H,27,30)(H,31,32)(H,24,25,26)/t14-/m1/s1. The molecule has 1 saturated carbocycles. The maximum atomic E-state index is 15.1. The summed E-state index contributed by atoms with van der Waals surface area (Å²) in [7, 11) is 0. The number of carbonyl (C=O) groups is 2. The molecule has 0 radical (unpaired) electrons. The molecule has 1 aromatic heterocycles. The van der Waals surface area contributed by atoms with Crippen molar-refractivity contribution in [3.05, 3.63) is 11.1 Å². The van der Waals surface area contributed by atoms with Gasteiger partial charge in [0, 0.05) is 32.7 Å². The molecule has 10 nitrogen and oxygen atoms in total. The zero-order chi connectivity index (χ0) is 23.1. The van der Waals surface area contributed by atoms with Gasteiger partial charge in [0.1, 0.15) is 0 Å². The number of aromatic nitrogens is 2. The number of hydrazine groups is 1. The Hall–Kier alpha value is -2.40. The summed E-state index contributed by atoms with van der Waals surface area (Å²) in [6, 6.07) is 0. The summed E-state index contributed by atoms with van der Waals surface area (Å²) in [5, 5.41) is 11.1. The minimum Gasteiger partial charge on any atom is -0.465 e. The van der Waals surface area contributed by atoms with Crippen molar-refractivity contribution in [3.8, 4) is 0 Å². The molecule has 0 unspecified atom stereocenters. The summed E-state index contributed by atoms with van der Waals surface area (Å²) in [5.74, 6) is -1.47. The largest absolute Gasteiger partial charge is 0.465 e. The van der Waals surface area contributed by atoms with E-state index in [1.165, 1.54) is 0 Å². The van der Waals surface area contributed by atoms with Crippen LogP contribution in [0, 0.1) is 17.7 Å². The number of nitrogens with zero attached hydrogens (tertiary/aromatic N) is 4. The molecule has 0 aromatic carbocycles. The molecule has 1 atom stereocenters. The molecule has 32 heavy (non-hydrogen) atoms. The summed E-state index contributed by atoms with van der Waals surface area (Å²) < 4.78 is 15.1. The molecule has 1 saturated heterocycles. The zero-order valence-electron chi connectivity index (χ0n) is 18.2. The maximum Gasteiger partial charge on any atom is 0.404 e. The Kier molecular flexibility index (Phi) is 8.68. The fraction of sp³-hybridized carbons (Fsp3) is 0.700. The minimum atomic E-state index is -1.19. The van der Waals surface area contributed by atoms with Gasteiger partial charge in [0.05, 0.1) is 5.92 Å². The van der Waals surface area contributed by atoms with Crippen molar-refractivity contribution in [2.24, 2.45) is 11.8 Å². The van der Waals surface area contributed by atoms with Crippen LogP contribution in [0.5, 0.6) is 0 Å². The lowest BCUT2D eigenvalue weighted by Gasteiger charge is -2.35. The number of rotatable bonds is 9. The van der Waals surface area contributed by atoms with E-state index in [4.69, 9.17) is 16.7 Å². The number of carbonyl (C=O) groups excluding carboxylic acids is 1. The van der Waals surface area contributed by atoms with Crippen LogP contribution in [0.3, 0.4) is 0 Å². The van der Waals surface area contributed by atoms with Crippen LogP contribution in [0.4, 0.5) is 20.8 Å². The van der Waals surface area contributed by atoms with Crippen molar-refractivity contribution >= 4 is 35.2 Å². The van der Waals surface area contributed by atoms with E-state index in [0.29, 0.717) is 25.4 Å². The van der Waals surface area contributed by atoms with E-state index >= 15 is 4.39 Å². The topological polar surface area (TPSA) is 123 Å². The highest BCUT2D eigenvalue weighted by atomic mass is 35.5. The van der Waals surface area contributed by atoms with Crippen LogP contribution in [0.2, 0.25) is 5.28 Å². The Morgan fingerprint density at radius 1 is 1.22 bits per heavy atom. The number of likely N-dealkylation sites (N-methyl/N-ethyl adjacent to an activating group) is 1. The van der Waals surface area contributed by atoms with Gasteiger partial charge >= 0.3 is 6.09 Å². The normalized spacial score (nSPS) is 18.4. The second-order valence-corrected chi connectivity index (χ2v) is 8.62. The van der Waals surface area contributed by atoms with E-state index in [0.717, 1.165) is 45.3 Å². The molecule has 2 amide bonds. The quantitative estimate of drug-likeness (QED) is 0.319. The van der Waals surface area contributed by atoms with Gasteiger partial charge < -0.3 is 20.2 Å². The SMILES string of the molecule is CCN1CCN(c2nc(Cl)nc(NNC(=O)[C@@H](CNC(=O)O)CC3CCCC3)c2F)CC1. The average Bonchev–Trinajstić information content (AvgIpc) is 3.30. The Morgan fingerprint density at radius 3 is 2.53 bits per heavy atom. The highest BCUT2D eigenvalue weighted by Crippen LogP contribution is 2.30. The summed E-state index contributed by atoms with van der Waals surface area (Å²) in [6.45, 7) is 5.78. The van der Waals surface area contributed by atoms with Crippen molar-refractivity contribution in [1.29, 1.82) is 0 Å². The van der Waals surface area contributed by atoms with Gasteiger partial charge in [0.25, 0.3) is 0 Å². The molecule has 2 aliphatic rings. The van der Waals surface area contributed by atoms with Crippen molar-refractivity contribution in [1.82, 2.24) is 25.6 Å². The van der Waals surface area contributed by atoms with Gasteiger partial charge in [0.2, 0.25) is 17.0 Å². The van der Waals surface area contributed by atoms with E-state index in [1.807, 2.05) is 4.90 Å². The number of piperazine rings is 1. The van der Waals surface area contributed by atoms with Gasteiger partial charge in [-0.05, 0) is 30.5 Å². The van der Waals surface area contributed by atoms with Gasteiger partial charge in [-0.3, -0.25) is 15.6 Å². The Balaban J connectivity index is 1.65. The highest BCUT2D eigenvalue weighted by molar-refractivity contribution is 6.28. The van der Waals surface area contributed by atoms with Gasteiger partial charge in [-0.15, -0.1) is 0 Å². The molecule has 0 bridgehead atoms. The summed E-state index contributed by atoms with van der Waals surface area (Å²) in [4.78, 5) is 35.6. The van der Waals surface area contributed by atoms with Crippen LogP contribution in [-0.4, -0.2) is 71.2 Å². The Labute approximate surface area is 191 Å². The maximum absolute atomic E-state index is 15.1. The number of halogens is 2. The molecule has 12 heteroatoms. The lowest BCUT2D eigenvalue weighted by molar-refractivity contribution is -0.124. The summed E-state index contributed by atoms with van der Waals surface area (Å²) in [6.07, 6.45) is 3.65. The fourth-order valence-corrected chi connectivity index (χ4v) is 4.51. The number of amides is 2. The molecule has 2 heterocycles. The first-order valence-corrected chi connectivity index (χ1v) is 11.5.